The summed E-state index contributed by atoms with van der Waals surface area (Å²) in [6, 6.07) is 14.7. The number of nitrogens with one attached hydrogen (secondary N) is 2. The van der Waals surface area contributed by atoms with E-state index in [1.54, 1.807) is 11.3 Å². The molecule has 0 bridgehead atoms. The van der Waals surface area contributed by atoms with Gasteiger partial charge < -0.3 is 15.5 Å². The van der Waals surface area contributed by atoms with Gasteiger partial charge in [-0.3, -0.25) is 0 Å². The molecule has 6 heteroatoms. The second kappa shape index (κ2) is 13.0. The average molecular weight is 472 g/mol. The lowest BCUT2D eigenvalue weighted by atomic mass is 10.2. The van der Waals surface area contributed by atoms with Crippen LogP contribution >= 0.6 is 35.3 Å². The Kier molecular flexibility index (Phi) is 11.3. The van der Waals surface area contributed by atoms with E-state index in [2.05, 4.69) is 82.3 Å². The van der Waals surface area contributed by atoms with Gasteiger partial charge in [-0.2, -0.15) is 0 Å². The first kappa shape index (κ1) is 21.8. The summed E-state index contributed by atoms with van der Waals surface area (Å²) in [6.45, 7) is 5.72. The zero-order valence-electron chi connectivity index (χ0n) is 15.1. The summed E-state index contributed by atoms with van der Waals surface area (Å²) in [4.78, 5) is 8.22. The zero-order valence-corrected chi connectivity index (χ0v) is 18.2. The molecule has 138 valence electrons. The maximum atomic E-state index is 4.63. The summed E-state index contributed by atoms with van der Waals surface area (Å²) in [5.74, 6) is 0.905. The molecule has 0 saturated carbocycles. The summed E-state index contributed by atoms with van der Waals surface area (Å²) >= 11 is 1.75. The van der Waals surface area contributed by atoms with Gasteiger partial charge in [0, 0.05) is 37.2 Å². The molecule has 0 saturated heterocycles. The number of halogens is 1. The molecule has 0 radical (unpaired) electrons. The molecule has 1 aromatic heterocycles. The highest BCUT2D eigenvalue weighted by molar-refractivity contribution is 14.0. The molecule has 0 aliphatic heterocycles. The third kappa shape index (κ3) is 8.58. The average Bonchev–Trinajstić information content (AvgIpc) is 3.13. The molecule has 2 rings (SSSR count). The molecule has 0 aliphatic carbocycles. The Bertz CT molecular complexity index is 587. The Morgan fingerprint density at radius 1 is 1.08 bits per heavy atom. The minimum Gasteiger partial charge on any atom is -0.375 e. The van der Waals surface area contributed by atoms with Crippen molar-refractivity contribution in [1.82, 2.24) is 10.6 Å². The van der Waals surface area contributed by atoms with E-state index >= 15 is 0 Å². The summed E-state index contributed by atoms with van der Waals surface area (Å²) in [5.41, 5.74) is 1.27. The van der Waals surface area contributed by atoms with Crippen molar-refractivity contribution in [2.75, 3.05) is 31.6 Å². The number of thiophene rings is 1. The second-order valence-electron chi connectivity index (χ2n) is 5.67. The lowest BCUT2D eigenvalue weighted by molar-refractivity contribution is 0.687. The Balaban J connectivity index is 0.00000312. The molecule has 0 unspecified atom stereocenters. The van der Waals surface area contributed by atoms with E-state index in [-0.39, 0.29) is 24.0 Å². The summed E-state index contributed by atoms with van der Waals surface area (Å²) in [6.07, 6.45) is 2.28. The molecule has 0 atom stereocenters. The first-order valence-corrected chi connectivity index (χ1v) is 9.48. The van der Waals surface area contributed by atoms with E-state index in [1.165, 1.54) is 10.6 Å². The highest BCUT2D eigenvalue weighted by Gasteiger charge is 2.01. The molecular weight excluding hydrogens is 443 g/mol. The van der Waals surface area contributed by atoms with E-state index in [4.69, 9.17) is 0 Å². The smallest absolute Gasteiger partial charge is 0.191 e. The number of guanidine groups is 1. The van der Waals surface area contributed by atoms with Crippen LogP contribution in [0.4, 0.5) is 5.69 Å². The number of aliphatic imine (C=N–C) groups is 1. The van der Waals surface area contributed by atoms with Crippen molar-refractivity contribution >= 4 is 47.0 Å². The van der Waals surface area contributed by atoms with Crippen LogP contribution in [-0.2, 0) is 6.54 Å². The predicted molar refractivity (Wildman–Crippen MR) is 121 cm³/mol. The molecule has 1 heterocycles. The molecule has 0 fully saturated rings. The number of hydrogen-bond acceptors (Lipinski definition) is 3. The molecular formula is C19H29IN4S. The molecule has 0 aliphatic rings. The van der Waals surface area contributed by atoms with Gasteiger partial charge in [-0.05, 0) is 43.3 Å². The van der Waals surface area contributed by atoms with Crippen LogP contribution in [0.2, 0.25) is 0 Å². The standard InChI is InChI=1S/C19H28N4S.HI/c1-3-20-19(22-16-18-12-9-15-24-18)21-13-7-8-14-23(2)17-10-5-4-6-11-17;/h4-6,9-12,15H,3,7-8,13-14,16H2,1-2H3,(H2,20,21,22);1H. The van der Waals surface area contributed by atoms with Crippen LogP contribution in [0.15, 0.2) is 52.8 Å². The van der Waals surface area contributed by atoms with Crippen LogP contribution in [0.3, 0.4) is 0 Å². The molecule has 2 N–H and O–H groups in total. The number of rotatable bonds is 9. The van der Waals surface area contributed by atoms with Gasteiger partial charge in [-0.25, -0.2) is 4.99 Å². The number of unbranched alkanes of at least 4 members (excludes halogenated alkanes) is 1. The Morgan fingerprint density at radius 2 is 1.88 bits per heavy atom. The van der Waals surface area contributed by atoms with Crippen molar-refractivity contribution in [2.45, 2.75) is 26.3 Å². The van der Waals surface area contributed by atoms with Gasteiger partial charge in [0.2, 0.25) is 0 Å². The monoisotopic (exact) mass is 472 g/mol. The molecule has 0 amide bonds. The van der Waals surface area contributed by atoms with Crippen LogP contribution in [0.25, 0.3) is 0 Å². The first-order valence-electron chi connectivity index (χ1n) is 8.60. The fourth-order valence-electron chi connectivity index (χ4n) is 2.39. The van der Waals surface area contributed by atoms with Crippen LogP contribution in [0.5, 0.6) is 0 Å². The maximum Gasteiger partial charge on any atom is 0.191 e. The third-order valence-electron chi connectivity index (χ3n) is 3.73. The molecule has 25 heavy (non-hydrogen) atoms. The number of para-hydroxylation sites is 1. The summed E-state index contributed by atoms with van der Waals surface area (Å²) < 4.78 is 0. The predicted octanol–water partition coefficient (Wildman–Crippen LogP) is 4.34. The van der Waals surface area contributed by atoms with Gasteiger partial charge in [0.1, 0.15) is 0 Å². The van der Waals surface area contributed by atoms with E-state index in [1.807, 2.05) is 0 Å². The van der Waals surface area contributed by atoms with Crippen molar-refractivity contribution in [2.24, 2.45) is 4.99 Å². The van der Waals surface area contributed by atoms with Gasteiger partial charge in [-0.15, -0.1) is 35.3 Å². The largest absolute Gasteiger partial charge is 0.375 e. The van der Waals surface area contributed by atoms with Gasteiger partial charge >= 0.3 is 0 Å². The number of anilines is 1. The topological polar surface area (TPSA) is 39.7 Å². The molecule has 1 aromatic carbocycles. The van der Waals surface area contributed by atoms with E-state index < -0.39 is 0 Å². The summed E-state index contributed by atoms with van der Waals surface area (Å²) in [7, 11) is 2.15. The van der Waals surface area contributed by atoms with Crippen LogP contribution < -0.4 is 15.5 Å². The normalized spacial score (nSPS) is 10.9. The third-order valence-corrected chi connectivity index (χ3v) is 4.59. The Morgan fingerprint density at radius 3 is 2.56 bits per heavy atom. The number of hydrogen-bond donors (Lipinski definition) is 2. The van der Waals surface area contributed by atoms with Crippen LogP contribution in [0, 0.1) is 0 Å². The van der Waals surface area contributed by atoms with Crippen LogP contribution in [-0.4, -0.2) is 32.6 Å². The molecule has 2 aromatic rings. The van der Waals surface area contributed by atoms with Crippen molar-refractivity contribution in [3.05, 3.63) is 52.7 Å². The zero-order chi connectivity index (χ0) is 17.0. The minimum absolute atomic E-state index is 0. The van der Waals surface area contributed by atoms with Crippen molar-refractivity contribution < 1.29 is 0 Å². The lowest BCUT2D eigenvalue weighted by Gasteiger charge is -2.19. The first-order chi connectivity index (χ1) is 11.8. The highest BCUT2D eigenvalue weighted by Crippen LogP contribution is 2.11. The minimum atomic E-state index is 0. The number of nitrogens with zero attached hydrogens (tertiary/aromatic N) is 2. The van der Waals surface area contributed by atoms with Crippen LogP contribution in [0.1, 0.15) is 24.6 Å². The molecule has 4 nitrogen and oxygen atoms in total. The Labute approximate surface area is 172 Å². The quantitative estimate of drug-likeness (QED) is 0.247. The lowest BCUT2D eigenvalue weighted by Crippen LogP contribution is -2.37. The van der Waals surface area contributed by atoms with Gasteiger partial charge in [0.15, 0.2) is 5.96 Å². The summed E-state index contributed by atoms with van der Waals surface area (Å²) in [5, 5.41) is 8.82. The van der Waals surface area contributed by atoms with E-state index in [9.17, 15) is 0 Å². The molecule has 0 spiro atoms. The van der Waals surface area contributed by atoms with Crippen molar-refractivity contribution in [3.8, 4) is 0 Å². The van der Waals surface area contributed by atoms with E-state index in [0.717, 1.165) is 45.0 Å². The maximum absolute atomic E-state index is 4.63. The Hall–Kier alpha value is -1.28. The SMILES string of the molecule is CCNC(=NCc1cccs1)NCCCCN(C)c1ccccc1.I. The number of benzene rings is 1. The van der Waals surface area contributed by atoms with Crippen molar-refractivity contribution in [3.63, 3.8) is 0 Å². The fourth-order valence-corrected chi connectivity index (χ4v) is 3.02. The fraction of sp³-hybridized carbons (Fsp3) is 0.421. The van der Waals surface area contributed by atoms with Crippen molar-refractivity contribution in [1.29, 1.82) is 0 Å². The van der Waals surface area contributed by atoms with E-state index in [0.29, 0.717) is 0 Å². The highest BCUT2D eigenvalue weighted by atomic mass is 127. The van der Waals surface area contributed by atoms with Gasteiger partial charge in [-0.1, -0.05) is 24.3 Å². The van der Waals surface area contributed by atoms with Gasteiger partial charge in [0.05, 0.1) is 6.54 Å². The van der Waals surface area contributed by atoms with Gasteiger partial charge in [0.25, 0.3) is 0 Å². The second-order valence-corrected chi connectivity index (χ2v) is 6.70.